The maximum Gasteiger partial charge on any atom is 0.348 e. The molecular weight excluding hydrogens is 506 g/mol. The van der Waals surface area contributed by atoms with Crippen molar-refractivity contribution in [3.63, 3.8) is 0 Å². The van der Waals surface area contributed by atoms with E-state index in [-0.39, 0.29) is 27.3 Å². The van der Waals surface area contributed by atoms with Crippen molar-refractivity contribution < 1.29 is 27.8 Å². The largest absolute Gasteiger partial charge is 0.477 e. The minimum absolute atomic E-state index is 0.0670. The van der Waals surface area contributed by atoms with Crippen LogP contribution in [0.25, 0.3) is 10.4 Å². The van der Waals surface area contributed by atoms with Crippen LogP contribution in [0.2, 0.25) is 0 Å². The minimum atomic E-state index is -3.54. The molecule has 1 aliphatic heterocycles. The second-order valence-corrected chi connectivity index (χ2v) is 12.5. The van der Waals surface area contributed by atoms with E-state index in [1.165, 1.54) is 12.1 Å². The van der Waals surface area contributed by atoms with Crippen LogP contribution in [-0.2, 0) is 0 Å². The number of hydrogen-bond acceptors (Lipinski definition) is 6. The normalized spacial score (nSPS) is 21.6. The number of carboxylic acids is 1. The maximum atomic E-state index is 15.6. The first-order chi connectivity index (χ1) is 17.2. The summed E-state index contributed by atoms with van der Waals surface area (Å²) in [6.45, 7) is 0.448. The molecule has 1 unspecified atom stereocenters. The Hall–Kier alpha value is -2.50. The van der Waals surface area contributed by atoms with Gasteiger partial charge in [0.15, 0.2) is 0 Å². The number of thiophene rings is 1. The van der Waals surface area contributed by atoms with Crippen LogP contribution in [0.4, 0.5) is 20.2 Å². The summed E-state index contributed by atoms with van der Waals surface area (Å²) < 4.78 is 54.6. The fourth-order valence-corrected chi connectivity index (χ4v) is 7.92. The Morgan fingerprint density at radius 3 is 2.36 bits per heavy atom. The number of carbonyl (C=O) groups is 1. The highest BCUT2D eigenvalue weighted by atomic mass is 32.3. The predicted molar refractivity (Wildman–Crippen MR) is 139 cm³/mol. The van der Waals surface area contributed by atoms with Crippen LogP contribution in [0, 0.1) is 17.6 Å². The van der Waals surface area contributed by atoms with E-state index in [9.17, 15) is 23.4 Å². The van der Waals surface area contributed by atoms with Gasteiger partial charge in [-0.25, -0.2) is 13.6 Å². The van der Waals surface area contributed by atoms with Gasteiger partial charge in [-0.05, 0) is 43.0 Å². The molecule has 1 saturated carbocycles. The van der Waals surface area contributed by atoms with Gasteiger partial charge in [0.2, 0.25) is 0 Å². The number of likely N-dealkylation sites (N-methyl/N-ethyl adjacent to an activating group) is 1. The molecule has 0 radical (unpaired) electrons. The average Bonchev–Trinajstić information content (AvgIpc) is 3.23. The summed E-state index contributed by atoms with van der Waals surface area (Å²) in [7, 11) is -1.85. The lowest BCUT2D eigenvalue weighted by Crippen LogP contribution is -2.45. The molecule has 0 spiro atoms. The van der Waals surface area contributed by atoms with Gasteiger partial charge in [-0.1, -0.05) is 37.5 Å². The molecule has 3 N–H and O–H groups in total. The van der Waals surface area contributed by atoms with Crippen LogP contribution in [0.1, 0.15) is 41.8 Å². The van der Waals surface area contributed by atoms with E-state index in [1.807, 2.05) is 35.2 Å². The van der Waals surface area contributed by atoms with Crippen molar-refractivity contribution >= 4 is 39.5 Å². The van der Waals surface area contributed by atoms with Crippen molar-refractivity contribution in [3.8, 4) is 10.4 Å². The number of nitrogens with zero attached hydrogens (tertiary/aromatic N) is 2. The van der Waals surface area contributed by atoms with E-state index < -0.39 is 33.3 Å². The Morgan fingerprint density at radius 2 is 1.72 bits per heavy atom. The van der Waals surface area contributed by atoms with Crippen molar-refractivity contribution in [1.29, 1.82) is 0 Å². The van der Waals surface area contributed by atoms with Crippen LogP contribution >= 0.6 is 22.1 Å². The summed E-state index contributed by atoms with van der Waals surface area (Å²) in [6, 6.07) is 12.8. The summed E-state index contributed by atoms with van der Waals surface area (Å²) >= 11 is 0.616. The third-order valence-corrected chi connectivity index (χ3v) is 10.4. The zero-order valence-electron chi connectivity index (χ0n) is 19.7. The van der Waals surface area contributed by atoms with Crippen molar-refractivity contribution in [2.45, 2.75) is 43.0 Å². The van der Waals surface area contributed by atoms with E-state index in [4.69, 9.17) is 0 Å². The molecule has 192 valence electrons. The first kappa shape index (κ1) is 25.2. The second kappa shape index (κ2) is 9.75. The second-order valence-electron chi connectivity index (χ2n) is 9.37. The Bertz CT molecular complexity index is 1280. The number of fused-ring (bicyclic) bond motifs is 1. The summed E-state index contributed by atoms with van der Waals surface area (Å²) in [5.41, 5.74) is 1.07. The molecule has 2 aliphatic rings. The topological polar surface area (TPSA) is 84.2 Å². The molecule has 2 aromatic carbocycles. The van der Waals surface area contributed by atoms with Gasteiger partial charge >= 0.3 is 5.97 Å². The highest BCUT2D eigenvalue weighted by Gasteiger charge is 2.41. The molecule has 36 heavy (non-hydrogen) atoms. The lowest BCUT2D eigenvalue weighted by atomic mass is 9.83. The fourth-order valence-electron chi connectivity index (χ4n) is 5.37. The minimum Gasteiger partial charge on any atom is -0.477 e. The third-order valence-electron chi connectivity index (χ3n) is 7.28. The van der Waals surface area contributed by atoms with Gasteiger partial charge < -0.3 is 10.0 Å². The molecule has 2 heterocycles. The fraction of sp³-hybridized carbons (Fsp3) is 0.346. The lowest BCUT2D eigenvalue weighted by Gasteiger charge is -2.46. The Morgan fingerprint density at radius 1 is 1.03 bits per heavy atom. The lowest BCUT2D eigenvalue weighted by molar-refractivity contribution is 0.0697. The molecule has 10 heteroatoms. The summed E-state index contributed by atoms with van der Waals surface area (Å²) in [4.78, 5) is 13.0. The predicted octanol–water partition coefficient (Wildman–Crippen LogP) is 7.45. The quantitative estimate of drug-likeness (QED) is 0.322. The number of hydrogen-bond donors (Lipinski definition) is 3. The first-order valence-electron chi connectivity index (χ1n) is 11.9. The van der Waals surface area contributed by atoms with E-state index >= 15 is 4.39 Å². The molecular formula is C26H28F2N2O4S2. The summed E-state index contributed by atoms with van der Waals surface area (Å²) in [5.74, 6) is -2.83. The van der Waals surface area contributed by atoms with Gasteiger partial charge in [0, 0.05) is 41.8 Å². The molecule has 0 saturated heterocycles. The summed E-state index contributed by atoms with van der Waals surface area (Å²) in [5, 5.41) is 9.24. The monoisotopic (exact) mass is 534 g/mol. The number of carboxylic acid groups (broad SMARTS) is 1. The molecule has 1 aliphatic carbocycles. The van der Waals surface area contributed by atoms with E-state index in [0.717, 1.165) is 43.9 Å². The van der Waals surface area contributed by atoms with E-state index in [1.54, 1.807) is 11.4 Å². The number of para-hydroxylation sites is 1. The average molecular weight is 535 g/mol. The van der Waals surface area contributed by atoms with E-state index in [2.05, 4.69) is 0 Å². The summed E-state index contributed by atoms with van der Waals surface area (Å²) in [6.07, 6.45) is 5.30. The van der Waals surface area contributed by atoms with Crippen LogP contribution in [-0.4, -0.2) is 44.1 Å². The number of anilines is 2. The van der Waals surface area contributed by atoms with Crippen LogP contribution in [0.15, 0.2) is 53.4 Å². The standard InChI is InChI=1S/C26H28F2N2O4S2/c1-29-22(16-8-4-2-5-9-16)15-30(17-10-6-3-7-11-17)21-13-19(27)18(12-24(21)36(29,33)34)23-14-20(28)25(35-23)26(31)32/h3,6-7,10-14,16,22,33-34H,2,4-5,8-9,15H2,1H3,(H,31,32). The van der Waals surface area contributed by atoms with Crippen molar-refractivity contribution in [1.82, 2.24) is 4.31 Å². The molecule has 5 rings (SSSR count). The zero-order chi connectivity index (χ0) is 25.6. The van der Waals surface area contributed by atoms with Crippen molar-refractivity contribution in [2.75, 3.05) is 18.5 Å². The van der Waals surface area contributed by atoms with Crippen LogP contribution < -0.4 is 4.90 Å². The molecule has 1 aromatic heterocycles. The van der Waals surface area contributed by atoms with Crippen molar-refractivity contribution in [2.24, 2.45) is 5.92 Å². The van der Waals surface area contributed by atoms with Crippen LogP contribution in [0.5, 0.6) is 0 Å². The Kier molecular flexibility index (Phi) is 6.82. The van der Waals surface area contributed by atoms with Gasteiger partial charge in [0.05, 0.1) is 10.6 Å². The SMILES string of the molecule is CN1C(C2CCCCC2)CN(c2ccccc2)c2cc(F)c(-c3cc(F)c(C(=O)O)s3)cc2S1(O)O. The third kappa shape index (κ3) is 4.41. The molecule has 0 bridgehead atoms. The molecule has 1 atom stereocenters. The zero-order valence-corrected chi connectivity index (χ0v) is 21.4. The van der Waals surface area contributed by atoms with Gasteiger partial charge in [0.25, 0.3) is 0 Å². The smallest absolute Gasteiger partial charge is 0.348 e. The number of halogens is 2. The van der Waals surface area contributed by atoms with Gasteiger partial charge in [-0.2, -0.15) is 4.31 Å². The molecule has 6 nitrogen and oxygen atoms in total. The molecule has 3 aromatic rings. The Balaban J connectivity index is 1.69. The van der Waals surface area contributed by atoms with Crippen molar-refractivity contribution in [3.05, 3.63) is 65.0 Å². The molecule has 0 amide bonds. The van der Waals surface area contributed by atoms with Crippen LogP contribution in [0.3, 0.4) is 0 Å². The highest BCUT2D eigenvalue weighted by molar-refractivity contribution is 8.22. The maximum absolute atomic E-state index is 15.6. The highest BCUT2D eigenvalue weighted by Crippen LogP contribution is 2.60. The van der Waals surface area contributed by atoms with Gasteiger partial charge in [-0.3, -0.25) is 9.11 Å². The first-order valence-corrected chi connectivity index (χ1v) is 14.2. The number of aromatic carboxylic acids is 1. The van der Waals surface area contributed by atoms with Gasteiger partial charge in [0.1, 0.15) is 16.5 Å². The number of benzene rings is 2. The number of rotatable bonds is 4. The molecule has 1 fully saturated rings. The Labute approximate surface area is 214 Å². The van der Waals surface area contributed by atoms with Gasteiger partial charge in [-0.15, -0.1) is 22.1 Å². The van der Waals surface area contributed by atoms with E-state index in [0.29, 0.717) is 23.6 Å².